The highest BCUT2D eigenvalue weighted by atomic mass is 16.5. The summed E-state index contributed by atoms with van der Waals surface area (Å²) in [6.45, 7) is 4.54. The molecule has 0 saturated heterocycles. The normalized spacial score (nSPS) is 14.9. The number of hydrogen-bond acceptors (Lipinski definition) is 9. The number of aromatic nitrogens is 3. The number of carbonyl (C=O) groups is 1. The minimum absolute atomic E-state index is 0.338. The number of esters is 1. The van der Waals surface area contributed by atoms with Crippen molar-refractivity contribution in [3.05, 3.63) is 120 Å². The van der Waals surface area contributed by atoms with Crippen LogP contribution in [0, 0.1) is 6.92 Å². The third kappa shape index (κ3) is 4.66. The van der Waals surface area contributed by atoms with Crippen LogP contribution >= 0.6 is 0 Å². The number of ether oxygens (including phenoxy) is 2. The van der Waals surface area contributed by atoms with E-state index in [2.05, 4.69) is 15.2 Å². The second-order valence-corrected chi connectivity index (χ2v) is 10.3. The molecule has 44 heavy (non-hydrogen) atoms. The number of amidine groups is 2. The van der Waals surface area contributed by atoms with E-state index in [-0.39, 0.29) is 12.0 Å². The SMILES string of the molecule is CCOc1ccc(NC2=Nc3ccccc3N3C2=Nc2c(c(C)nn2-c2ccccn2)[C@@H]3c2ccc(C(=O)OC)cc2)cc1. The number of nitrogens with one attached hydrogen (secondary N) is 1. The molecule has 10 nitrogen and oxygen atoms in total. The zero-order chi connectivity index (χ0) is 30.2. The summed E-state index contributed by atoms with van der Waals surface area (Å²) in [4.78, 5) is 29.3. The van der Waals surface area contributed by atoms with E-state index in [1.165, 1.54) is 7.11 Å². The van der Waals surface area contributed by atoms with Crippen molar-refractivity contribution >= 4 is 40.5 Å². The topological polar surface area (TPSA) is 106 Å². The van der Waals surface area contributed by atoms with E-state index in [1.54, 1.807) is 23.0 Å². The van der Waals surface area contributed by atoms with E-state index >= 15 is 0 Å². The van der Waals surface area contributed by atoms with Gasteiger partial charge >= 0.3 is 5.97 Å². The molecule has 3 aromatic carbocycles. The third-order valence-electron chi connectivity index (χ3n) is 7.58. The van der Waals surface area contributed by atoms with Crippen LogP contribution in [-0.4, -0.2) is 46.1 Å². The monoisotopic (exact) mass is 583 g/mol. The van der Waals surface area contributed by atoms with Gasteiger partial charge in [0, 0.05) is 17.4 Å². The van der Waals surface area contributed by atoms with Gasteiger partial charge in [-0.25, -0.2) is 19.8 Å². The summed E-state index contributed by atoms with van der Waals surface area (Å²) >= 11 is 0. The lowest BCUT2D eigenvalue weighted by atomic mass is 9.92. The standard InChI is InChI=1S/C34H29N7O3/c1-4-44-25-18-16-24(17-19-25)36-31-33-38-32-29(21(2)39-41(32)28-11-7-8-20-35-28)30(22-12-14-23(15-13-22)34(42)43-3)40(33)27-10-6-5-9-26(27)37-31/h5-20,30H,4H2,1-3H3,(H,36,37)/t30-/m0/s1. The Morgan fingerprint density at radius 2 is 1.70 bits per heavy atom. The molecular formula is C34H29N7O3. The number of methoxy groups -OCH3 is 1. The van der Waals surface area contributed by atoms with Gasteiger partial charge in [-0.05, 0) is 80.1 Å². The molecule has 0 aliphatic carbocycles. The Labute approximate surface area is 254 Å². The Bertz CT molecular complexity index is 1910. The Balaban J connectivity index is 1.43. The molecule has 0 amide bonds. The molecule has 0 bridgehead atoms. The Morgan fingerprint density at radius 1 is 0.932 bits per heavy atom. The van der Waals surface area contributed by atoms with Crippen LogP contribution in [-0.2, 0) is 4.74 Å². The molecule has 10 heteroatoms. The van der Waals surface area contributed by atoms with Gasteiger partial charge in [0.2, 0.25) is 0 Å². The van der Waals surface area contributed by atoms with E-state index in [0.717, 1.165) is 39.6 Å². The summed E-state index contributed by atoms with van der Waals surface area (Å²) in [5.74, 6) is 2.93. The van der Waals surface area contributed by atoms with Crippen molar-refractivity contribution in [1.29, 1.82) is 0 Å². The summed E-state index contributed by atoms with van der Waals surface area (Å²) < 4.78 is 12.4. The van der Waals surface area contributed by atoms with Crippen molar-refractivity contribution in [2.24, 2.45) is 9.98 Å². The van der Waals surface area contributed by atoms with Gasteiger partial charge < -0.3 is 19.7 Å². The van der Waals surface area contributed by atoms with Crippen molar-refractivity contribution in [1.82, 2.24) is 14.8 Å². The van der Waals surface area contributed by atoms with Gasteiger partial charge in [-0.1, -0.05) is 30.3 Å². The molecule has 218 valence electrons. The number of para-hydroxylation sites is 2. The van der Waals surface area contributed by atoms with Gasteiger partial charge in [0.15, 0.2) is 23.3 Å². The Morgan fingerprint density at radius 3 is 2.43 bits per heavy atom. The van der Waals surface area contributed by atoms with Gasteiger partial charge in [-0.2, -0.15) is 9.78 Å². The number of pyridine rings is 1. The van der Waals surface area contributed by atoms with Crippen molar-refractivity contribution in [2.45, 2.75) is 19.9 Å². The number of nitrogens with zero attached hydrogens (tertiary/aromatic N) is 6. The van der Waals surface area contributed by atoms with Gasteiger partial charge in [-0.3, -0.25) is 0 Å². The quantitative estimate of drug-likeness (QED) is 0.226. The highest BCUT2D eigenvalue weighted by molar-refractivity contribution is 6.51. The molecule has 1 atom stereocenters. The fraction of sp³-hybridized carbons (Fsp3) is 0.147. The first-order valence-corrected chi connectivity index (χ1v) is 14.3. The molecule has 2 aromatic heterocycles. The van der Waals surface area contributed by atoms with Crippen LogP contribution in [0.1, 0.15) is 40.1 Å². The maximum absolute atomic E-state index is 12.3. The lowest BCUT2D eigenvalue weighted by molar-refractivity contribution is 0.0600. The lowest BCUT2D eigenvalue weighted by Gasteiger charge is -2.40. The number of rotatable bonds is 6. The van der Waals surface area contributed by atoms with Crippen molar-refractivity contribution in [3.63, 3.8) is 0 Å². The van der Waals surface area contributed by atoms with E-state index in [1.807, 2.05) is 92.7 Å². The predicted molar refractivity (Wildman–Crippen MR) is 170 cm³/mol. The fourth-order valence-corrected chi connectivity index (χ4v) is 5.61. The Kier molecular flexibility index (Phi) is 6.86. The minimum Gasteiger partial charge on any atom is -0.494 e. The Hall–Kier alpha value is -5.77. The van der Waals surface area contributed by atoms with Crippen LogP contribution in [0.3, 0.4) is 0 Å². The van der Waals surface area contributed by atoms with Crippen molar-refractivity contribution in [3.8, 4) is 11.6 Å². The minimum atomic E-state index is -0.389. The number of aryl methyl sites for hydroxylation is 1. The van der Waals surface area contributed by atoms with E-state index in [4.69, 9.17) is 24.6 Å². The summed E-state index contributed by atoms with van der Waals surface area (Å²) in [5.41, 5.74) is 5.72. The first-order chi connectivity index (χ1) is 21.6. The number of fused-ring (bicyclic) bond motifs is 4. The molecule has 2 aliphatic heterocycles. The van der Waals surface area contributed by atoms with Gasteiger partial charge in [0.05, 0.1) is 42.4 Å². The molecule has 0 fully saturated rings. The summed E-state index contributed by atoms with van der Waals surface area (Å²) in [6, 6.07) is 28.6. The van der Waals surface area contributed by atoms with Crippen LogP contribution in [0.5, 0.6) is 5.75 Å². The van der Waals surface area contributed by atoms with Crippen LogP contribution in [0.15, 0.2) is 107 Å². The maximum Gasteiger partial charge on any atom is 0.337 e. The molecule has 1 N–H and O–H groups in total. The average molecular weight is 584 g/mol. The highest BCUT2D eigenvalue weighted by Crippen LogP contribution is 2.48. The van der Waals surface area contributed by atoms with Crippen molar-refractivity contribution < 1.29 is 14.3 Å². The second-order valence-electron chi connectivity index (χ2n) is 10.3. The second kappa shape index (κ2) is 11.1. The molecule has 0 spiro atoms. The summed E-state index contributed by atoms with van der Waals surface area (Å²) in [5, 5.41) is 8.43. The molecule has 4 heterocycles. The van der Waals surface area contributed by atoms with Crippen LogP contribution in [0.2, 0.25) is 0 Å². The molecule has 0 radical (unpaired) electrons. The first-order valence-electron chi connectivity index (χ1n) is 14.3. The zero-order valence-electron chi connectivity index (χ0n) is 24.4. The number of anilines is 2. The average Bonchev–Trinajstić information content (AvgIpc) is 3.40. The molecule has 7 rings (SSSR count). The molecule has 0 saturated carbocycles. The smallest absolute Gasteiger partial charge is 0.337 e. The largest absolute Gasteiger partial charge is 0.494 e. The number of benzene rings is 3. The maximum atomic E-state index is 12.3. The van der Waals surface area contributed by atoms with Crippen LogP contribution in [0.4, 0.5) is 22.9 Å². The third-order valence-corrected chi connectivity index (χ3v) is 7.58. The molecule has 2 aliphatic rings. The van der Waals surface area contributed by atoms with Crippen LogP contribution in [0.25, 0.3) is 5.82 Å². The first kappa shape index (κ1) is 27.1. The number of carbonyl (C=O) groups excluding carboxylic acids is 1. The van der Waals surface area contributed by atoms with Crippen molar-refractivity contribution in [2.75, 3.05) is 23.9 Å². The van der Waals surface area contributed by atoms with E-state index in [9.17, 15) is 4.79 Å². The van der Waals surface area contributed by atoms with Crippen LogP contribution < -0.4 is 15.0 Å². The lowest BCUT2D eigenvalue weighted by Crippen LogP contribution is -2.46. The summed E-state index contributed by atoms with van der Waals surface area (Å²) in [7, 11) is 1.38. The van der Waals surface area contributed by atoms with Gasteiger partial charge in [0.25, 0.3) is 0 Å². The van der Waals surface area contributed by atoms with E-state index in [0.29, 0.717) is 35.5 Å². The number of aliphatic imine (C=N–C) groups is 2. The van der Waals surface area contributed by atoms with Gasteiger partial charge in [0.1, 0.15) is 5.75 Å². The highest BCUT2D eigenvalue weighted by Gasteiger charge is 2.41. The fourth-order valence-electron chi connectivity index (χ4n) is 5.61. The zero-order valence-corrected chi connectivity index (χ0v) is 24.4. The van der Waals surface area contributed by atoms with E-state index < -0.39 is 0 Å². The molecule has 0 unspecified atom stereocenters. The summed E-state index contributed by atoms with van der Waals surface area (Å²) in [6.07, 6.45) is 1.74. The molecule has 5 aromatic rings. The number of hydrogen-bond donors (Lipinski definition) is 1. The van der Waals surface area contributed by atoms with Gasteiger partial charge in [-0.15, -0.1) is 0 Å². The molecular weight excluding hydrogens is 554 g/mol. The predicted octanol–water partition coefficient (Wildman–Crippen LogP) is 6.56.